The predicted octanol–water partition coefficient (Wildman–Crippen LogP) is 2.52. The third kappa shape index (κ3) is 3.04. The Hall–Kier alpha value is -0.480. The maximum absolute atomic E-state index is 5.30. The van der Waals surface area contributed by atoms with Gasteiger partial charge in [0.15, 0.2) is 0 Å². The van der Waals surface area contributed by atoms with Crippen LogP contribution in [0.2, 0.25) is 0 Å². The molecule has 0 atom stereocenters. The molecule has 13 heavy (non-hydrogen) atoms. The van der Waals surface area contributed by atoms with E-state index in [0.717, 1.165) is 12.6 Å². The van der Waals surface area contributed by atoms with Gasteiger partial charge in [0.05, 0.1) is 6.54 Å². The van der Waals surface area contributed by atoms with Crippen LogP contribution in [0.5, 0.6) is 0 Å². The van der Waals surface area contributed by atoms with Crippen molar-refractivity contribution in [2.45, 2.75) is 45.6 Å². The predicted molar refractivity (Wildman–Crippen MR) is 57.5 cm³/mol. The zero-order valence-electron chi connectivity index (χ0n) is 9.14. The van der Waals surface area contributed by atoms with Gasteiger partial charge in [0.2, 0.25) is 0 Å². The van der Waals surface area contributed by atoms with E-state index in [9.17, 15) is 0 Å². The Morgan fingerprint density at radius 3 is 2.38 bits per heavy atom. The van der Waals surface area contributed by atoms with Gasteiger partial charge in [-0.3, -0.25) is 4.90 Å². The molecule has 0 spiro atoms. The van der Waals surface area contributed by atoms with Crippen LogP contribution in [0.1, 0.15) is 39.5 Å². The molecule has 0 unspecified atom stereocenters. The maximum Gasteiger partial charge on any atom is 0.0598 e. The molecule has 1 rings (SSSR count). The topological polar surface area (TPSA) is 3.24 Å². The van der Waals surface area contributed by atoms with Crippen LogP contribution in [0, 0.1) is 17.8 Å². The first-order chi connectivity index (χ1) is 6.05. The Morgan fingerprint density at radius 2 is 1.92 bits per heavy atom. The molecule has 0 radical (unpaired) electrons. The first-order valence-corrected chi connectivity index (χ1v) is 5.19. The fourth-order valence-electron chi connectivity index (χ4n) is 2.10. The molecule has 1 aliphatic carbocycles. The van der Waals surface area contributed by atoms with Crippen LogP contribution in [0.25, 0.3) is 0 Å². The Bertz CT molecular complexity index is 190. The molecule has 1 aliphatic rings. The van der Waals surface area contributed by atoms with Gasteiger partial charge in [-0.1, -0.05) is 19.8 Å². The zero-order chi connectivity index (χ0) is 9.90. The fourth-order valence-corrected chi connectivity index (χ4v) is 2.10. The smallest absolute Gasteiger partial charge is 0.0598 e. The van der Waals surface area contributed by atoms with Gasteiger partial charge in [-0.2, -0.15) is 0 Å². The lowest BCUT2D eigenvalue weighted by molar-refractivity contribution is 0.138. The van der Waals surface area contributed by atoms with Gasteiger partial charge in [0, 0.05) is 6.04 Å². The van der Waals surface area contributed by atoms with Crippen LogP contribution in [0.3, 0.4) is 0 Å². The molecule has 74 valence electrons. The summed E-state index contributed by atoms with van der Waals surface area (Å²) in [5.74, 6) is 2.71. The fraction of sp³-hybridized carbons (Fsp3) is 0.833. The molecular weight excluding hydrogens is 158 g/mol. The number of hydrogen-bond acceptors (Lipinski definition) is 1. The number of hydrogen-bond donors (Lipinski definition) is 0. The molecule has 0 aromatic carbocycles. The molecular formula is C12H21N. The van der Waals surface area contributed by atoms with Crippen molar-refractivity contribution in [1.82, 2.24) is 4.90 Å². The molecule has 0 aromatic heterocycles. The van der Waals surface area contributed by atoms with Crippen molar-refractivity contribution < 1.29 is 0 Å². The molecule has 1 nitrogen and oxygen atoms in total. The summed E-state index contributed by atoms with van der Waals surface area (Å²) < 4.78 is 0. The average molecular weight is 179 g/mol. The number of rotatable bonds is 2. The molecule has 0 saturated heterocycles. The largest absolute Gasteiger partial charge is 0.292 e. The van der Waals surface area contributed by atoms with E-state index in [0.29, 0.717) is 5.41 Å². The summed E-state index contributed by atoms with van der Waals surface area (Å²) >= 11 is 0. The van der Waals surface area contributed by atoms with Crippen LogP contribution in [-0.4, -0.2) is 24.5 Å². The number of terminal acetylenes is 1. The van der Waals surface area contributed by atoms with Crippen molar-refractivity contribution in [1.29, 1.82) is 0 Å². The average Bonchev–Trinajstić information content (AvgIpc) is 2.04. The van der Waals surface area contributed by atoms with E-state index in [4.69, 9.17) is 6.42 Å². The summed E-state index contributed by atoms with van der Waals surface area (Å²) in [6, 6.07) is 0.726. The monoisotopic (exact) mass is 179 g/mol. The first kappa shape index (κ1) is 10.6. The maximum atomic E-state index is 5.30. The summed E-state index contributed by atoms with van der Waals surface area (Å²) in [6.45, 7) is 5.53. The van der Waals surface area contributed by atoms with Crippen molar-refractivity contribution in [2.24, 2.45) is 5.41 Å². The van der Waals surface area contributed by atoms with Gasteiger partial charge in [0.1, 0.15) is 0 Å². The summed E-state index contributed by atoms with van der Waals surface area (Å²) in [7, 11) is 2.14. The highest BCUT2D eigenvalue weighted by atomic mass is 15.1. The quantitative estimate of drug-likeness (QED) is 0.589. The van der Waals surface area contributed by atoms with Gasteiger partial charge < -0.3 is 0 Å². The molecule has 0 heterocycles. The van der Waals surface area contributed by atoms with Crippen molar-refractivity contribution >= 4 is 0 Å². The third-order valence-corrected chi connectivity index (χ3v) is 3.27. The lowest BCUT2D eigenvalue weighted by Crippen LogP contribution is -2.37. The highest BCUT2D eigenvalue weighted by Gasteiger charge is 2.28. The van der Waals surface area contributed by atoms with E-state index >= 15 is 0 Å². The zero-order valence-corrected chi connectivity index (χ0v) is 9.14. The van der Waals surface area contributed by atoms with Crippen molar-refractivity contribution in [3.63, 3.8) is 0 Å². The highest BCUT2D eigenvalue weighted by molar-refractivity contribution is 4.91. The van der Waals surface area contributed by atoms with E-state index in [1.54, 1.807) is 0 Å². The Balaban J connectivity index is 2.37. The van der Waals surface area contributed by atoms with Crippen molar-refractivity contribution in [3.05, 3.63) is 0 Å². The van der Waals surface area contributed by atoms with Gasteiger partial charge in [-0.15, -0.1) is 6.42 Å². The Morgan fingerprint density at radius 1 is 1.38 bits per heavy atom. The molecule has 0 aromatic rings. The summed E-state index contributed by atoms with van der Waals surface area (Å²) in [6.07, 6.45) is 10.6. The summed E-state index contributed by atoms with van der Waals surface area (Å²) in [5.41, 5.74) is 0.563. The third-order valence-electron chi connectivity index (χ3n) is 3.27. The molecule has 0 aliphatic heterocycles. The van der Waals surface area contributed by atoms with Gasteiger partial charge >= 0.3 is 0 Å². The van der Waals surface area contributed by atoms with Crippen LogP contribution < -0.4 is 0 Å². The van der Waals surface area contributed by atoms with Crippen molar-refractivity contribution in [2.75, 3.05) is 13.6 Å². The van der Waals surface area contributed by atoms with Gasteiger partial charge in [0.25, 0.3) is 0 Å². The Kier molecular flexibility index (Phi) is 3.39. The lowest BCUT2D eigenvalue weighted by Gasteiger charge is -2.38. The highest BCUT2D eigenvalue weighted by Crippen LogP contribution is 2.36. The van der Waals surface area contributed by atoms with E-state index in [1.165, 1.54) is 25.7 Å². The SMILES string of the molecule is C#CCN(C)C1CCC(C)(C)CC1. The molecule has 1 fully saturated rings. The minimum absolute atomic E-state index is 0.563. The van der Waals surface area contributed by atoms with Crippen molar-refractivity contribution in [3.8, 4) is 12.3 Å². The van der Waals surface area contributed by atoms with Gasteiger partial charge in [-0.25, -0.2) is 0 Å². The van der Waals surface area contributed by atoms with E-state index in [2.05, 4.69) is 31.7 Å². The first-order valence-electron chi connectivity index (χ1n) is 5.19. The lowest BCUT2D eigenvalue weighted by atomic mass is 9.75. The summed E-state index contributed by atoms with van der Waals surface area (Å²) in [5, 5.41) is 0. The molecule has 1 saturated carbocycles. The minimum Gasteiger partial charge on any atom is -0.292 e. The second kappa shape index (κ2) is 4.15. The van der Waals surface area contributed by atoms with E-state index in [-0.39, 0.29) is 0 Å². The van der Waals surface area contributed by atoms with Gasteiger partial charge in [-0.05, 0) is 38.1 Å². The van der Waals surface area contributed by atoms with Crippen LogP contribution in [0.4, 0.5) is 0 Å². The summed E-state index contributed by atoms with van der Waals surface area (Å²) in [4.78, 5) is 2.31. The van der Waals surface area contributed by atoms with Crippen LogP contribution in [-0.2, 0) is 0 Å². The van der Waals surface area contributed by atoms with E-state index in [1.807, 2.05) is 0 Å². The normalized spacial score (nSPS) is 23.0. The van der Waals surface area contributed by atoms with E-state index < -0.39 is 0 Å². The second-order valence-corrected chi connectivity index (χ2v) is 5.01. The van der Waals surface area contributed by atoms with Crippen LogP contribution in [0.15, 0.2) is 0 Å². The molecule has 0 N–H and O–H groups in total. The standard InChI is InChI=1S/C12H21N/c1-5-10-13(4)11-6-8-12(2,3)9-7-11/h1,11H,6-10H2,2-4H3. The molecule has 1 heteroatoms. The molecule has 0 bridgehead atoms. The van der Waals surface area contributed by atoms with Crippen LogP contribution >= 0.6 is 0 Å². The Labute approximate surface area is 82.5 Å². The number of nitrogens with zero attached hydrogens (tertiary/aromatic N) is 1. The molecule has 0 amide bonds. The minimum atomic E-state index is 0.563. The second-order valence-electron chi connectivity index (χ2n) is 5.01.